The number of hydrogen-bond donors (Lipinski definition) is 1. The van der Waals surface area contributed by atoms with E-state index in [9.17, 15) is 0 Å². The first-order chi connectivity index (χ1) is 6.59. The molecule has 0 radical (unpaired) electrons. The van der Waals surface area contributed by atoms with Crippen molar-refractivity contribution in [3.05, 3.63) is 24.3 Å². The van der Waals surface area contributed by atoms with Gasteiger partial charge in [0.25, 0.3) is 0 Å². The number of para-hydroxylation sites is 1. The molecule has 0 amide bonds. The molecule has 0 unspecified atom stereocenters. The van der Waals surface area contributed by atoms with Crippen LogP contribution >= 0.6 is 11.8 Å². The third-order valence-electron chi connectivity index (χ3n) is 1.84. The lowest BCUT2D eigenvalue weighted by Crippen LogP contribution is -2.19. The Kier molecular flexibility index (Phi) is 3.84. The topological polar surface area (TPSA) is 29.5 Å². The summed E-state index contributed by atoms with van der Waals surface area (Å²) in [7, 11) is 1.66. The minimum absolute atomic E-state index is 0.149. The third kappa shape index (κ3) is 2.93. The highest BCUT2D eigenvalue weighted by Crippen LogP contribution is 2.37. The molecule has 0 saturated heterocycles. The Labute approximate surface area is 89.3 Å². The van der Waals surface area contributed by atoms with Crippen LogP contribution in [-0.2, 0) is 0 Å². The Hall–Kier alpha value is -0.670. The summed E-state index contributed by atoms with van der Waals surface area (Å²) in [5.74, 6) is 0.860. The number of aliphatic hydroxyl groups is 1. The van der Waals surface area contributed by atoms with Crippen molar-refractivity contribution in [1.29, 1.82) is 0 Å². The average Bonchev–Trinajstić information content (AvgIpc) is 2.18. The van der Waals surface area contributed by atoms with Gasteiger partial charge in [-0.1, -0.05) is 12.1 Å². The van der Waals surface area contributed by atoms with E-state index in [2.05, 4.69) is 0 Å². The van der Waals surface area contributed by atoms with E-state index in [1.165, 1.54) is 0 Å². The number of methoxy groups -OCH3 is 1. The van der Waals surface area contributed by atoms with Crippen molar-refractivity contribution in [2.75, 3.05) is 13.7 Å². The molecule has 14 heavy (non-hydrogen) atoms. The number of hydrogen-bond acceptors (Lipinski definition) is 3. The molecule has 0 heterocycles. The zero-order valence-corrected chi connectivity index (χ0v) is 9.60. The SMILES string of the molecule is COc1ccccc1SC(C)(C)CO. The van der Waals surface area contributed by atoms with Crippen molar-refractivity contribution in [1.82, 2.24) is 0 Å². The highest BCUT2D eigenvalue weighted by Gasteiger charge is 2.19. The predicted molar refractivity (Wildman–Crippen MR) is 60.0 cm³/mol. The Morgan fingerprint density at radius 3 is 2.57 bits per heavy atom. The molecule has 1 aromatic rings. The number of aliphatic hydroxyl groups excluding tert-OH is 1. The van der Waals surface area contributed by atoms with Gasteiger partial charge in [-0.2, -0.15) is 0 Å². The second kappa shape index (κ2) is 4.71. The maximum atomic E-state index is 9.16. The van der Waals surface area contributed by atoms with Crippen molar-refractivity contribution >= 4 is 11.8 Å². The lowest BCUT2D eigenvalue weighted by Gasteiger charge is -2.21. The molecule has 1 rings (SSSR count). The quantitative estimate of drug-likeness (QED) is 0.778. The Morgan fingerprint density at radius 2 is 2.00 bits per heavy atom. The van der Waals surface area contributed by atoms with E-state index in [4.69, 9.17) is 9.84 Å². The van der Waals surface area contributed by atoms with Crippen LogP contribution in [0.2, 0.25) is 0 Å². The lowest BCUT2D eigenvalue weighted by atomic mass is 10.2. The fourth-order valence-corrected chi connectivity index (χ4v) is 2.09. The predicted octanol–water partition coefficient (Wildman–Crippen LogP) is 2.56. The van der Waals surface area contributed by atoms with E-state index in [1.54, 1.807) is 18.9 Å². The average molecular weight is 212 g/mol. The van der Waals surface area contributed by atoms with E-state index in [0.29, 0.717) is 0 Å². The minimum atomic E-state index is -0.172. The first-order valence-corrected chi connectivity index (χ1v) is 5.33. The molecule has 1 N–H and O–H groups in total. The summed E-state index contributed by atoms with van der Waals surface area (Å²) in [4.78, 5) is 1.06. The van der Waals surface area contributed by atoms with Crippen LogP contribution in [-0.4, -0.2) is 23.6 Å². The first kappa shape index (κ1) is 11.4. The Bertz CT molecular complexity index is 297. The van der Waals surface area contributed by atoms with Gasteiger partial charge in [0.1, 0.15) is 5.75 Å². The summed E-state index contributed by atoms with van der Waals surface area (Å²) in [6.45, 7) is 4.16. The molecule has 0 aliphatic carbocycles. The minimum Gasteiger partial charge on any atom is -0.496 e. The van der Waals surface area contributed by atoms with E-state index >= 15 is 0 Å². The van der Waals surface area contributed by atoms with Crippen LogP contribution in [0.4, 0.5) is 0 Å². The van der Waals surface area contributed by atoms with Gasteiger partial charge in [-0.05, 0) is 26.0 Å². The second-order valence-electron chi connectivity index (χ2n) is 3.67. The molecule has 0 aliphatic heterocycles. The van der Waals surface area contributed by atoms with E-state index in [-0.39, 0.29) is 11.4 Å². The summed E-state index contributed by atoms with van der Waals surface area (Å²) in [5, 5.41) is 9.16. The van der Waals surface area contributed by atoms with Crippen molar-refractivity contribution < 1.29 is 9.84 Å². The van der Waals surface area contributed by atoms with E-state index in [1.807, 2.05) is 38.1 Å². The molecule has 3 heteroatoms. The largest absolute Gasteiger partial charge is 0.496 e. The monoisotopic (exact) mass is 212 g/mol. The molecule has 0 aliphatic rings. The van der Waals surface area contributed by atoms with E-state index in [0.717, 1.165) is 10.6 Å². The molecule has 0 bridgehead atoms. The van der Waals surface area contributed by atoms with E-state index < -0.39 is 0 Å². The lowest BCUT2D eigenvalue weighted by molar-refractivity contribution is 0.265. The summed E-state index contributed by atoms with van der Waals surface area (Å²) < 4.78 is 5.06. The van der Waals surface area contributed by atoms with Crippen molar-refractivity contribution in [3.8, 4) is 5.75 Å². The van der Waals surface area contributed by atoms with Gasteiger partial charge in [-0.25, -0.2) is 0 Å². The molecular weight excluding hydrogens is 196 g/mol. The van der Waals surface area contributed by atoms with Gasteiger partial charge < -0.3 is 9.84 Å². The summed E-state index contributed by atoms with van der Waals surface area (Å²) in [6, 6.07) is 7.84. The van der Waals surface area contributed by atoms with Crippen molar-refractivity contribution in [3.63, 3.8) is 0 Å². The maximum Gasteiger partial charge on any atom is 0.132 e. The summed E-state index contributed by atoms with van der Waals surface area (Å²) >= 11 is 1.62. The van der Waals surface area contributed by atoms with Crippen LogP contribution in [0, 0.1) is 0 Å². The van der Waals surface area contributed by atoms with Gasteiger partial charge in [0, 0.05) is 9.64 Å². The maximum absolute atomic E-state index is 9.16. The molecule has 78 valence electrons. The van der Waals surface area contributed by atoms with Crippen LogP contribution in [0.3, 0.4) is 0 Å². The molecule has 0 fully saturated rings. The van der Waals surface area contributed by atoms with Gasteiger partial charge in [0.05, 0.1) is 13.7 Å². The number of benzene rings is 1. The molecular formula is C11H16O2S. The highest BCUT2D eigenvalue weighted by molar-refractivity contribution is 8.00. The number of thioether (sulfide) groups is 1. The van der Waals surface area contributed by atoms with Crippen LogP contribution < -0.4 is 4.74 Å². The standard InChI is InChI=1S/C11H16O2S/c1-11(2,8-12)14-10-7-5-4-6-9(10)13-3/h4-7,12H,8H2,1-3H3. The fraction of sp³-hybridized carbons (Fsp3) is 0.455. The Morgan fingerprint density at radius 1 is 1.36 bits per heavy atom. The molecule has 0 atom stereocenters. The van der Waals surface area contributed by atoms with Gasteiger partial charge in [-0.15, -0.1) is 11.8 Å². The van der Waals surface area contributed by atoms with Gasteiger partial charge >= 0.3 is 0 Å². The molecule has 0 spiro atoms. The molecule has 0 saturated carbocycles. The molecule has 1 aromatic carbocycles. The fourth-order valence-electron chi connectivity index (χ4n) is 1.03. The van der Waals surface area contributed by atoms with Crippen LogP contribution in [0.1, 0.15) is 13.8 Å². The molecule has 0 aromatic heterocycles. The van der Waals surface area contributed by atoms with Crippen LogP contribution in [0.25, 0.3) is 0 Å². The second-order valence-corrected chi connectivity index (χ2v) is 5.42. The summed E-state index contributed by atoms with van der Waals surface area (Å²) in [5.41, 5.74) is 0. The van der Waals surface area contributed by atoms with Crippen molar-refractivity contribution in [2.24, 2.45) is 0 Å². The zero-order chi connectivity index (χ0) is 10.6. The number of ether oxygens (including phenoxy) is 1. The van der Waals surface area contributed by atoms with Crippen molar-refractivity contribution in [2.45, 2.75) is 23.5 Å². The first-order valence-electron chi connectivity index (χ1n) is 4.52. The molecule has 2 nitrogen and oxygen atoms in total. The highest BCUT2D eigenvalue weighted by atomic mass is 32.2. The normalized spacial score (nSPS) is 11.4. The summed E-state index contributed by atoms with van der Waals surface area (Å²) in [6.07, 6.45) is 0. The number of rotatable bonds is 4. The smallest absolute Gasteiger partial charge is 0.132 e. The third-order valence-corrected chi connectivity index (χ3v) is 3.07. The van der Waals surface area contributed by atoms with Crippen LogP contribution in [0.5, 0.6) is 5.75 Å². The van der Waals surface area contributed by atoms with Gasteiger partial charge in [0.15, 0.2) is 0 Å². The Balaban J connectivity index is 2.85. The van der Waals surface area contributed by atoms with Crippen LogP contribution in [0.15, 0.2) is 29.2 Å². The van der Waals surface area contributed by atoms with Gasteiger partial charge in [-0.3, -0.25) is 0 Å². The van der Waals surface area contributed by atoms with Gasteiger partial charge in [0.2, 0.25) is 0 Å². The zero-order valence-electron chi connectivity index (χ0n) is 8.78.